The monoisotopic (exact) mass is 843 g/mol. The second-order valence-electron chi connectivity index (χ2n) is 16.0. The molecule has 66 heavy (non-hydrogen) atoms. The first kappa shape index (κ1) is 39.9. The lowest BCUT2D eigenvalue weighted by molar-refractivity contribution is 1.18. The van der Waals surface area contributed by atoms with E-state index < -0.39 is 0 Å². The van der Waals surface area contributed by atoms with Crippen LogP contribution in [0.3, 0.4) is 0 Å². The van der Waals surface area contributed by atoms with Crippen LogP contribution in [0.25, 0.3) is 112 Å². The minimum atomic E-state index is 0.659. The molecule has 0 saturated heterocycles. The lowest BCUT2D eigenvalue weighted by atomic mass is 9.85. The average Bonchev–Trinajstić information content (AvgIpc) is 3.41. The van der Waals surface area contributed by atoms with Crippen molar-refractivity contribution in [2.45, 2.75) is 0 Å². The molecule has 0 amide bonds. The Kier molecular flexibility index (Phi) is 10.9. The maximum atomic E-state index is 5.42. The number of benzene rings is 8. The van der Waals surface area contributed by atoms with Crippen LogP contribution in [0, 0.1) is 0 Å². The molecule has 5 nitrogen and oxygen atoms in total. The summed E-state index contributed by atoms with van der Waals surface area (Å²) in [5, 5.41) is 0. The Morgan fingerprint density at radius 2 is 0.621 bits per heavy atom. The van der Waals surface area contributed by atoms with Gasteiger partial charge in [-0.15, -0.1) is 0 Å². The molecule has 3 aromatic heterocycles. The van der Waals surface area contributed by atoms with E-state index in [0.29, 0.717) is 11.6 Å². The topological polar surface area (TPSA) is 64.5 Å². The molecule has 0 saturated carbocycles. The van der Waals surface area contributed by atoms with Gasteiger partial charge in [-0.1, -0.05) is 206 Å². The van der Waals surface area contributed by atoms with E-state index in [1.165, 1.54) is 0 Å². The summed E-state index contributed by atoms with van der Waals surface area (Å²) in [4.78, 5) is 25.5. The summed E-state index contributed by atoms with van der Waals surface area (Å²) in [6, 6.07) is 81.9. The van der Waals surface area contributed by atoms with E-state index in [4.69, 9.17) is 19.9 Å². The molecule has 0 unspecified atom stereocenters. The van der Waals surface area contributed by atoms with Gasteiger partial charge in [0.05, 0.1) is 22.8 Å². The van der Waals surface area contributed by atoms with Gasteiger partial charge in [-0.2, -0.15) is 0 Å². The van der Waals surface area contributed by atoms with Crippen LogP contribution in [-0.4, -0.2) is 24.9 Å². The number of aromatic nitrogens is 5. The Morgan fingerprint density at radius 1 is 0.212 bits per heavy atom. The zero-order valence-electron chi connectivity index (χ0n) is 35.9. The molecule has 0 bridgehead atoms. The van der Waals surface area contributed by atoms with Crippen molar-refractivity contribution in [1.82, 2.24) is 24.9 Å². The highest BCUT2D eigenvalue weighted by atomic mass is 14.9. The van der Waals surface area contributed by atoms with Gasteiger partial charge in [0, 0.05) is 45.8 Å². The first-order valence-electron chi connectivity index (χ1n) is 22.1. The molecule has 0 N–H and O–H groups in total. The second kappa shape index (κ2) is 18.0. The molecule has 0 fully saturated rings. The van der Waals surface area contributed by atoms with Gasteiger partial charge in [0.2, 0.25) is 0 Å². The summed E-state index contributed by atoms with van der Waals surface area (Å²) < 4.78 is 0. The van der Waals surface area contributed by atoms with Crippen LogP contribution in [-0.2, 0) is 0 Å². The van der Waals surface area contributed by atoms with Crippen molar-refractivity contribution in [2.24, 2.45) is 0 Å². The van der Waals surface area contributed by atoms with Crippen molar-refractivity contribution in [1.29, 1.82) is 0 Å². The molecule has 0 atom stereocenters. The van der Waals surface area contributed by atoms with Crippen molar-refractivity contribution in [3.05, 3.63) is 249 Å². The van der Waals surface area contributed by atoms with Crippen molar-refractivity contribution in [3.8, 4) is 112 Å². The molecule has 8 aromatic carbocycles. The molecular formula is C61H41N5. The third-order valence-corrected chi connectivity index (χ3v) is 11.9. The molecule has 310 valence electrons. The molecule has 0 aliphatic carbocycles. The zero-order valence-corrected chi connectivity index (χ0v) is 35.9. The highest BCUT2D eigenvalue weighted by molar-refractivity contribution is 5.99. The van der Waals surface area contributed by atoms with Crippen molar-refractivity contribution < 1.29 is 0 Å². The Bertz CT molecular complexity index is 3390. The number of pyridine rings is 1. The van der Waals surface area contributed by atoms with Gasteiger partial charge in [-0.05, 0) is 74.8 Å². The molecular weight excluding hydrogens is 803 g/mol. The fraction of sp³-hybridized carbons (Fsp3) is 0. The van der Waals surface area contributed by atoms with Crippen molar-refractivity contribution in [3.63, 3.8) is 0 Å². The third-order valence-electron chi connectivity index (χ3n) is 11.9. The molecule has 0 radical (unpaired) electrons. The van der Waals surface area contributed by atoms with Gasteiger partial charge in [-0.25, -0.2) is 19.9 Å². The van der Waals surface area contributed by atoms with Gasteiger partial charge >= 0.3 is 0 Å². The lowest BCUT2D eigenvalue weighted by Crippen LogP contribution is -1.99. The fourth-order valence-electron chi connectivity index (χ4n) is 8.71. The van der Waals surface area contributed by atoms with Crippen molar-refractivity contribution in [2.75, 3.05) is 0 Å². The first-order valence-corrected chi connectivity index (χ1v) is 22.1. The van der Waals surface area contributed by atoms with Crippen LogP contribution in [0.2, 0.25) is 0 Å². The molecule has 0 spiro atoms. The number of rotatable bonds is 10. The summed E-state index contributed by atoms with van der Waals surface area (Å²) >= 11 is 0. The summed E-state index contributed by atoms with van der Waals surface area (Å²) in [6.07, 6.45) is 3.72. The van der Waals surface area contributed by atoms with E-state index in [0.717, 1.165) is 101 Å². The summed E-state index contributed by atoms with van der Waals surface area (Å²) in [7, 11) is 0. The predicted molar refractivity (Wildman–Crippen MR) is 270 cm³/mol. The molecule has 3 heterocycles. The molecule has 0 aliphatic heterocycles. The maximum absolute atomic E-state index is 5.42. The van der Waals surface area contributed by atoms with Gasteiger partial charge in [0.15, 0.2) is 11.6 Å². The van der Waals surface area contributed by atoms with Crippen LogP contribution in [0.5, 0.6) is 0 Å². The highest BCUT2D eigenvalue weighted by Gasteiger charge is 2.21. The lowest BCUT2D eigenvalue weighted by Gasteiger charge is -2.19. The van der Waals surface area contributed by atoms with Gasteiger partial charge < -0.3 is 0 Å². The van der Waals surface area contributed by atoms with Crippen LogP contribution in [0.1, 0.15) is 0 Å². The fourth-order valence-corrected chi connectivity index (χ4v) is 8.71. The van der Waals surface area contributed by atoms with Crippen LogP contribution >= 0.6 is 0 Å². The second-order valence-corrected chi connectivity index (χ2v) is 16.0. The van der Waals surface area contributed by atoms with Gasteiger partial charge in [0.25, 0.3) is 0 Å². The Balaban J connectivity index is 1.08. The highest BCUT2D eigenvalue weighted by Crippen LogP contribution is 2.44. The SMILES string of the molecule is c1ccc(-c2cc(-c3ccccc3)nc(-c3cccc(-c4cccc(-c5ccccc5-c5cc(-c6ccccc6)nc(-c6ccccc6-c6ccccc6)n5)c4-c4ccncc4)c3)n2)cc1. The maximum Gasteiger partial charge on any atom is 0.161 e. The Morgan fingerprint density at radius 3 is 1.23 bits per heavy atom. The quantitative estimate of drug-likeness (QED) is 0.137. The minimum Gasteiger partial charge on any atom is -0.265 e. The summed E-state index contributed by atoms with van der Waals surface area (Å²) in [6.45, 7) is 0. The van der Waals surface area contributed by atoms with E-state index in [1.807, 2.05) is 60.9 Å². The van der Waals surface area contributed by atoms with E-state index in [1.54, 1.807) is 0 Å². The number of hydrogen-bond donors (Lipinski definition) is 0. The molecule has 5 heteroatoms. The standard InChI is InChI=1S/C61H41N5/c1-5-19-42(20-6-1)49-29-13-16-32-54(49)61-65-57(45-25-11-4-12-26-45)41-58(66-61)52-31-15-14-30-51(52)53-34-18-33-50(59(53)46-35-37-62-38-36-46)47-27-17-28-48(39-47)60-63-55(43-21-7-2-8-22-43)40-56(64-60)44-23-9-3-10-24-44/h1-41H. The van der Waals surface area contributed by atoms with Crippen molar-refractivity contribution >= 4 is 0 Å². The number of nitrogens with zero attached hydrogens (tertiary/aromatic N) is 5. The smallest absolute Gasteiger partial charge is 0.161 e. The normalized spacial score (nSPS) is 11.0. The molecule has 11 aromatic rings. The van der Waals surface area contributed by atoms with E-state index in [2.05, 4.69) is 193 Å². The first-order chi connectivity index (χ1) is 32.7. The summed E-state index contributed by atoms with van der Waals surface area (Å²) in [5.41, 5.74) is 17.9. The molecule has 11 rings (SSSR count). The van der Waals surface area contributed by atoms with Crippen LogP contribution in [0.15, 0.2) is 249 Å². The van der Waals surface area contributed by atoms with E-state index in [-0.39, 0.29) is 0 Å². The minimum absolute atomic E-state index is 0.659. The third kappa shape index (κ3) is 8.09. The zero-order chi connectivity index (χ0) is 44.1. The van der Waals surface area contributed by atoms with Gasteiger partial charge in [0.1, 0.15) is 0 Å². The van der Waals surface area contributed by atoms with E-state index in [9.17, 15) is 0 Å². The Hall–Kier alpha value is -8.93. The van der Waals surface area contributed by atoms with E-state index >= 15 is 0 Å². The number of hydrogen-bond acceptors (Lipinski definition) is 5. The Labute approximate surface area is 384 Å². The van der Waals surface area contributed by atoms with Crippen LogP contribution in [0.4, 0.5) is 0 Å². The molecule has 0 aliphatic rings. The average molecular weight is 844 g/mol. The van der Waals surface area contributed by atoms with Gasteiger partial charge in [-0.3, -0.25) is 4.98 Å². The van der Waals surface area contributed by atoms with Crippen LogP contribution < -0.4 is 0 Å². The largest absolute Gasteiger partial charge is 0.265 e. The summed E-state index contributed by atoms with van der Waals surface area (Å²) in [5.74, 6) is 1.32. The predicted octanol–water partition coefficient (Wildman–Crippen LogP) is 15.3.